The first kappa shape index (κ1) is 16.3. The van der Waals surface area contributed by atoms with Gasteiger partial charge in [0, 0.05) is 30.5 Å². The van der Waals surface area contributed by atoms with Crippen LogP contribution in [0.25, 0.3) is 0 Å². The minimum atomic E-state index is -0.137. The average Bonchev–Trinajstić information content (AvgIpc) is 2.54. The number of hydrogen-bond acceptors (Lipinski definition) is 3. The lowest BCUT2D eigenvalue weighted by molar-refractivity contribution is 0.0950. The number of nitrogens with one attached hydrogen (secondary N) is 2. The minimum Gasteiger partial charge on any atom is -0.384 e. The van der Waals surface area contributed by atoms with E-state index in [1.165, 1.54) is 0 Å². The van der Waals surface area contributed by atoms with Gasteiger partial charge in [-0.3, -0.25) is 9.78 Å². The summed E-state index contributed by atoms with van der Waals surface area (Å²) < 4.78 is 0. The van der Waals surface area contributed by atoms with E-state index >= 15 is 0 Å². The monoisotopic (exact) mass is 317 g/mol. The smallest absolute Gasteiger partial charge is 0.253 e. The van der Waals surface area contributed by atoms with Gasteiger partial charge < -0.3 is 10.6 Å². The van der Waals surface area contributed by atoms with Crippen LogP contribution in [0.2, 0.25) is 5.02 Å². The van der Waals surface area contributed by atoms with Crippen LogP contribution < -0.4 is 10.6 Å². The van der Waals surface area contributed by atoms with E-state index in [2.05, 4.69) is 22.5 Å². The first-order valence-electron chi connectivity index (χ1n) is 7.40. The molecular formula is C17H20ClN3O. The van der Waals surface area contributed by atoms with Crippen molar-refractivity contribution in [3.63, 3.8) is 0 Å². The number of amides is 1. The quantitative estimate of drug-likeness (QED) is 0.762. The molecule has 1 aromatic carbocycles. The van der Waals surface area contributed by atoms with E-state index in [0.29, 0.717) is 17.1 Å². The maximum absolute atomic E-state index is 12.2. The third kappa shape index (κ3) is 5.04. The molecule has 2 aromatic rings. The molecule has 2 N–H and O–H groups in total. The maximum atomic E-state index is 12.2. The molecule has 0 spiro atoms. The number of pyridine rings is 1. The molecule has 0 unspecified atom stereocenters. The van der Waals surface area contributed by atoms with Gasteiger partial charge in [-0.05, 0) is 30.2 Å². The number of carbonyl (C=O) groups is 1. The van der Waals surface area contributed by atoms with Gasteiger partial charge in [-0.2, -0.15) is 0 Å². The van der Waals surface area contributed by atoms with Gasteiger partial charge in [0.05, 0.1) is 11.3 Å². The summed E-state index contributed by atoms with van der Waals surface area (Å²) in [6, 6.07) is 9.22. The van der Waals surface area contributed by atoms with Crippen LogP contribution in [0.3, 0.4) is 0 Å². The van der Waals surface area contributed by atoms with Crippen molar-refractivity contribution in [3.05, 3.63) is 58.9 Å². The van der Waals surface area contributed by atoms with Crippen molar-refractivity contribution in [2.24, 2.45) is 0 Å². The Hall–Kier alpha value is -2.07. The molecule has 0 fully saturated rings. The predicted octanol–water partition coefficient (Wildman–Crippen LogP) is 3.88. The second-order valence-corrected chi connectivity index (χ2v) is 5.49. The molecular weight excluding hydrogens is 298 g/mol. The number of carbonyl (C=O) groups excluding carboxylic acids is 1. The average molecular weight is 318 g/mol. The molecule has 0 aliphatic rings. The zero-order valence-corrected chi connectivity index (χ0v) is 13.4. The largest absolute Gasteiger partial charge is 0.384 e. The normalized spacial score (nSPS) is 10.3. The Morgan fingerprint density at radius 1 is 1.23 bits per heavy atom. The Morgan fingerprint density at radius 3 is 2.73 bits per heavy atom. The van der Waals surface area contributed by atoms with Gasteiger partial charge >= 0.3 is 0 Å². The number of nitrogens with zero attached hydrogens (tertiary/aromatic N) is 1. The Morgan fingerprint density at radius 2 is 2.00 bits per heavy atom. The van der Waals surface area contributed by atoms with Gasteiger partial charge in [-0.25, -0.2) is 0 Å². The van der Waals surface area contributed by atoms with E-state index in [-0.39, 0.29) is 5.91 Å². The molecule has 0 saturated carbocycles. The van der Waals surface area contributed by atoms with Crippen molar-refractivity contribution < 1.29 is 4.79 Å². The number of unbranched alkanes of at least 4 members (excludes halogenated alkanes) is 1. The SMILES string of the molecule is CCCCNc1cncc(C(=O)NCc2ccc(Cl)cc2)c1. The molecule has 1 amide bonds. The van der Waals surface area contributed by atoms with Crippen molar-refractivity contribution in [2.75, 3.05) is 11.9 Å². The van der Waals surface area contributed by atoms with Gasteiger partial charge in [0.1, 0.15) is 0 Å². The lowest BCUT2D eigenvalue weighted by Gasteiger charge is -2.08. The van der Waals surface area contributed by atoms with Crippen molar-refractivity contribution >= 4 is 23.2 Å². The van der Waals surface area contributed by atoms with E-state index in [1.54, 1.807) is 12.4 Å². The summed E-state index contributed by atoms with van der Waals surface area (Å²) in [6.07, 6.45) is 5.52. The van der Waals surface area contributed by atoms with E-state index < -0.39 is 0 Å². The molecule has 2 rings (SSSR count). The van der Waals surface area contributed by atoms with Crippen LogP contribution in [0, 0.1) is 0 Å². The van der Waals surface area contributed by atoms with E-state index in [1.807, 2.05) is 30.3 Å². The topological polar surface area (TPSA) is 54.0 Å². The standard InChI is InChI=1S/C17H20ClN3O/c1-2-3-8-20-16-9-14(11-19-12-16)17(22)21-10-13-4-6-15(18)7-5-13/h4-7,9,11-12,20H,2-3,8,10H2,1H3,(H,21,22). The molecule has 0 bridgehead atoms. The second-order valence-electron chi connectivity index (χ2n) is 5.05. The van der Waals surface area contributed by atoms with Gasteiger partial charge in [0.2, 0.25) is 0 Å². The summed E-state index contributed by atoms with van der Waals surface area (Å²) >= 11 is 5.84. The number of benzene rings is 1. The molecule has 22 heavy (non-hydrogen) atoms. The maximum Gasteiger partial charge on any atom is 0.253 e. The van der Waals surface area contributed by atoms with Gasteiger partial charge in [0.25, 0.3) is 5.91 Å². The lowest BCUT2D eigenvalue weighted by atomic mass is 10.2. The molecule has 5 heteroatoms. The Bertz CT molecular complexity index is 614. The van der Waals surface area contributed by atoms with Crippen LogP contribution in [-0.2, 0) is 6.54 Å². The van der Waals surface area contributed by atoms with Crippen LogP contribution in [0.1, 0.15) is 35.7 Å². The zero-order valence-electron chi connectivity index (χ0n) is 12.6. The summed E-state index contributed by atoms with van der Waals surface area (Å²) in [5, 5.41) is 6.83. The highest BCUT2D eigenvalue weighted by Gasteiger charge is 2.06. The lowest BCUT2D eigenvalue weighted by Crippen LogP contribution is -2.23. The summed E-state index contributed by atoms with van der Waals surface area (Å²) in [5.74, 6) is -0.137. The molecule has 0 saturated heterocycles. The third-order valence-corrected chi connectivity index (χ3v) is 3.48. The van der Waals surface area contributed by atoms with Crippen LogP contribution in [-0.4, -0.2) is 17.4 Å². The second kappa shape index (κ2) is 8.39. The molecule has 4 nitrogen and oxygen atoms in total. The van der Waals surface area contributed by atoms with Crippen LogP contribution in [0.15, 0.2) is 42.7 Å². The molecule has 1 aromatic heterocycles. The minimum absolute atomic E-state index is 0.137. The molecule has 0 atom stereocenters. The summed E-state index contributed by atoms with van der Waals surface area (Å²) in [7, 11) is 0. The molecule has 0 aliphatic heterocycles. The highest BCUT2D eigenvalue weighted by Crippen LogP contribution is 2.11. The van der Waals surface area contributed by atoms with Crippen molar-refractivity contribution in [3.8, 4) is 0 Å². The van der Waals surface area contributed by atoms with Crippen molar-refractivity contribution in [1.29, 1.82) is 0 Å². The van der Waals surface area contributed by atoms with Gasteiger partial charge in [-0.15, -0.1) is 0 Å². The van der Waals surface area contributed by atoms with Crippen LogP contribution in [0.4, 0.5) is 5.69 Å². The zero-order chi connectivity index (χ0) is 15.8. The summed E-state index contributed by atoms with van der Waals surface area (Å²) in [6.45, 7) is 3.48. The van der Waals surface area contributed by atoms with Crippen LogP contribution >= 0.6 is 11.6 Å². The number of aromatic nitrogens is 1. The summed E-state index contributed by atoms with van der Waals surface area (Å²) in [4.78, 5) is 16.3. The van der Waals surface area contributed by atoms with Gasteiger partial charge in [0.15, 0.2) is 0 Å². The highest BCUT2D eigenvalue weighted by molar-refractivity contribution is 6.30. The molecule has 1 heterocycles. The predicted molar refractivity (Wildman–Crippen MR) is 90.3 cm³/mol. The van der Waals surface area contributed by atoms with E-state index in [9.17, 15) is 4.79 Å². The van der Waals surface area contributed by atoms with Gasteiger partial charge in [-0.1, -0.05) is 37.1 Å². The fraction of sp³-hybridized carbons (Fsp3) is 0.294. The third-order valence-electron chi connectivity index (χ3n) is 3.23. The Labute approximate surface area is 135 Å². The first-order chi connectivity index (χ1) is 10.7. The number of hydrogen-bond donors (Lipinski definition) is 2. The number of halogens is 1. The fourth-order valence-corrected chi connectivity index (χ4v) is 2.08. The van der Waals surface area contributed by atoms with Crippen molar-refractivity contribution in [2.45, 2.75) is 26.3 Å². The Kier molecular flexibility index (Phi) is 6.22. The molecule has 0 aliphatic carbocycles. The summed E-state index contributed by atoms with van der Waals surface area (Å²) in [5.41, 5.74) is 2.42. The molecule has 0 radical (unpaired) electrons. The highest BCUT2D eigenvalue weighted by atomic mass is 35.5. The van der Waals surface area contributed by atoms with E-state index in [4.69, 9.17) is 11.6 Å². The molecule has 116 valence electrons. The van der Waals surface area contributed by atoms with Crippen molar-refractivity contribution in [1.82, 2.24) is 10.3 Å². The first-order valence-corrected chi connectivity index (χ1v) is 7.78. The Balaban J connectivity index is 1.91. The number of rotatable bonds is 7. The van der Waals surface area contributed by atoms with Crippen LogP contribution in [0.5, 0.6) is 0 Å². The number of anilines is 1. The fourth-order valence-electron chi connectivity index (χ4n) is 1.96. The van der Waals surface area contributed by atoms with E-state index in [0.717, 1.165) is 30.6 Å².